The number of imidazole rings is 1. The molecule has 0 fully saturated rings. The third-order valence-electron chi connectivity index (χ3n) is 2.66. The molecule has 1 aliphatic rings. The van der Waals surface area contributed by atoms with Crippen LogP contribution in [-0.2, 0) is 13.0 Å². The van der Waals surface area contributed by atoms with Crippen molar-refractivity contribution < 1.29 is 4.79 Å². The van der Waals surface area contributed by atoms with Crippen LogP contribution < -0.4 is 5.73 Å². The first kappa shape index (κ1) is 10.6. The molecule has 4 nitrogen and oxygen atoms in total. The molecular weight excluding hydrogens is 214 g/mol. The van der Waals surface area contributed by atoms with Crippen LogP contribution in [0.1, 0.15) is 36.1 Å². The molecule has 1 aliphatic heterocycles. The van der Waals surface area contributed by atoms with Crippen LogP contribution in [0.4, 0.5) is 0 Å². The highest BCUT2D eigenvalue weighted by atomic mass is 35.5. The van der Waals surface area contributed by atoms with Gasteiger partial charge < -0.3 is 10.3 Å². The third kappa shape index (κ3) is 1.79. The number of aromatic nitrogens is 2. The van der Waals surface area contributed by atoms with Crippen LogP contribution in [0.25, 0.3) is 0 Å². The van der Waals surface area contributed by atoms with E-state index < -0.39 is 6.04 Å². The number of Topliss-reactive ketones (excluding diaryl/α,β-unsaturated/α-hetero) is 1. The van der Waals surface area contributed by atoms with Crippen molar-refractivity contribution in [1.82, 2.24) is 9.55 Å². The van der Waals surface area contributed by atoms with Crippen LogP contribution in [0.3, 0.4) is 0 Å². The number of hydrogen-bond donors (Lipinski definition) is 1. The maximum absolute atomic E-state index is 11.7. The van der Waals surface area contributed by atoms with Crippen molar-refractivity contribution in [2.75, 3.05) is 0 Å². The number of halogens is 1. The highest BCUT2D eigenvalue weighted by molar-refractivity contribution is 6.33. The van der Waals surface area contributed by atoms with E-state index >= 15 is 0 Å². The molecule has 2 N–H and O–H groups in total. The van der Waals surface area contributed by atoms with Gasteiger partial charge >= 0.3 is 0 Å². The Hall–Kier alpha value is -0.870. The van der Waals surface area contributed by atoms with E-state index in [0.717, 1.165) is 31.6 Å². The molecule has 0 amide bonds. The van der Waals surface area contributed by atoms with Crippen molar-refractivity contribution in [3.63, 3.8) is 0 Å². The van der Waals surface area contributed by atoms with Crippen molar-refractivity contribution in [3.8, 4) is 0 Å². The molecule has 1 aromatic rings. The summed E-state index contributed by atoms with van der Waals surface area (Å²) in [5.74, 6) is 0.733. The van der Waals surface area contributed by atoms with E-state index in [1.165, 1.54) is 0 Å². The number of hydrogen-bond acceptors (Lipinski definition) is 3. The van der Waals surface area contributed by atoms with Crippen LogP contribution in [0, 0.1) is 0 Å². The zero-order valence-corrected chi connectivity index (χ0v) is 9.42. The number of carbonyl (C=O) groups is 1. The zero-order valence-electron chi connectivity index (χ0n) is 8.66. The lowest BCUT2D eigenvalue weighted by Crippen LogP contribution is -2.27. The Balaban J connectivity index is 2.41. The van der Waals surface area contributed by atoms with Gasteiger partial charge in [0, 0.05) is 13.0 Å². The molecule has 15 heavy (non-hydrogen) atoms. The predicted molar refractivity (Wildman–Crippen MR) is 58.2 cm³/mol. The lowest BCUT2D eigenvalue weighted by atomic mass is 10.2. The summed E-state index contributed by atoms with van der Waals surface area (Å²) in [4.78, 5) is 16.0. The average molecular weight is 228 g/mol. The molecule has 0 aliphatic carbocycles. The number of aryl methyl sites for hydroxylation is 1. The molecule has 0 aromatic carbocycles. The Bertz CT molecular complexity index is 398. The van der Waals surface area contributed by atoms with E-state index in [-0.39, 0.29) is 5.78 Å². The number of ketones is 1. The second-order valence-electron chi connectivity index (χ2n) is 3.93. The molecule has 1 atom stereocenters. The van der Waals surface area contributed by atoms with E-state index in [1.54, 1.807) is 6.92 Å². The van der Waals surface area contributed by atoms with E-state index in [1.807, 2.05) is 4.57 Å². The molecular formula is C10H14ClN3O. The monoisotopic (exact) mass is 227 g/mol. The fraction of sp³-hybridized carbons (Fsp3) is 0.600. The SMILES string of the molecule is CC(N)C(=O)c1nc2n(c1Cl)CCCC2. The van der Waals surface area contributed by atoms with E-state index in [9.17, 15) is 4.79 Å². The molecule has 2 heterocycles. The quantitative estimate of drug-likeness (QED) is 0.777. The number of nitrogens with zero attached hydrogens (tertiary/aromatic N) is 2. The molecule has 0 saturated heterocycles. The Kier molecular flexibility index (Phi) is 2.80. The first-order valence-electron chi connectivity index (χ1n) is 5.16. The van der Waals surface area contributed by atoms with Gasteiger partial charge in [0.25, 0.3) is 0 Å². The average Bonchev–Trinajstić information content (AvgIpc) is 2.56. The van der Waals surface area contributed by atoms with Gasteiger partial charge in [-0.05, 0) is 19.8 Å². The Morgan fingerprint density at radius 1 is 1.60 bits per heavy atom. The van der Waals surface area contributed by atoms with Gasteiger partial charge in [-0.15, -0.1) is 0 Å². The summed E-state index contributed by atoms with van der Waals surface area (Å²) in [6, 6.07) is -0.542. The van der Waals surface area contributed by atoms with Crippen molar-refractivity contribution in [2.24, 2.45) is 5.73 Å². The highest BCUT2D eigenvalue weighted by Crippen LogP contribution is 2.24. The van der Waals surface area contributed by atoms with Crippen molar-refractivity contribution >= 4 is 17.4 Å². The van der Waals surface area contributed by atoms with Crippen molar-refractivity contribution in [1.29, 1.82) is 0 Å². The van der Waals surface area contributed by atoms with Gasteiger partial charge in [-0.1, -0.05) is 11.6 Å². The van der Waals surface area contributed by atoms with E-state index in [0.29, 0.717) is 10.8 Å². The summed E-state index contributed by atoms with van der Waals surface area (Å²) in [6.07, 6.45) is 3.10. The Morgan fingerprint density at radius 3 is 2.93 bits per heavy atom. The molecule has 2 rings (SSSR count). The molecule has 1 unspecified atom stereocenters. The molecule has 0 radical (unpaired) electrons. The highest BCUT2D eigenvalue weighted by Gasteiger charge is 2.24. The summed E-state index contributed by atoms with van der Waals surface area (Å²) < 4.78 is 1.92. The fourth-order valence-corrected chi connectivity index (χ4v) is 2.14. The van der Waals surface area contributed by atoms with Gasteiger partial charge in [-0.2, -0.15) is 0 Å². The molecule has 5 heteroatoms. The van der Waals surface area contributed by atoms with Crippen molar-refractivity contribution in [3.05, 3.63) is 16.7 Å². The molecule has 82 valence electrons. The minimum absolute atomic E-state index is 0.179. The van der Waals surface area contributed by atoms with Crippen LogP contribution >= 0.6 is 11.6 Å². The largest absolute Gasteiger partial charge is 0.321 e. The second-order valence-corrected chi connectivity index (χ2v) is 4.29. The second kappa shape index (κ2) is 3.94. The summed E-state index contributed by atoms with van der Waals surface area (Å²) >= 11 is 6.11. The van der Waals surface area contributed by atoms with Gasteiger partial charge in [-0.25, -0.2) is 4.98 Å². The summed E-state index contributed by atoms with van der Waals surface area (Å²) in [7, 11) is 0. The third-order valence-corrected chi connectivity index (χ3v) is 3.05. The van der Waals surface area contributed by atoms with E-state index in [2.05, 4.69) is 4.98 Å². The normalized spacial score (nSPS) is 17.3. The van der Waals surface area contributed by atoms with E-state index in [4.69, 9.17) is 17.3 Å². The topological polar surface area (TPSA) is 60.9 Å². The van der Waals surface area contributed by atoms with Crippen LogP contribution in [0.2, 0.25) is 5.15 Å². The molecule has 1 aromatic heterocycles. The zero-order chi connectivity index (χ0) is 11.0. The maximum Gasteiger partial charge on any atom is 0.200 e. The molecule has 0 saturated carbocycles. The lowest BCUT2D eigenvalue weighted by Gasteiger charge is -2.13. The maximum atomic E-state index is 11.7. The standard InChI is InChI=1S/C10H14ClN3O/c1-6(12)9(15)8-10(11)14-5-3-2-4-7(14)13-8/h6H,2-5,12H2,1H3. The number of nitrogens with two attached hydrogens (primary N) is 1. The minimum Gasteiger partial charge on any atom is -0.321 e. The Labute approximate surface area is 93.4 Å². The number of fused-ring (bicyclic) bond motifs is 1. The molecule has 0 bridgehead atoms. The number of carbonyl (C=O) groups excluding carboxylic acids is 1. The summed E-state index contributed by atoms with van der Waals surface area (Å²) in [5, 5.41) is 0.451. The Morgan fingerprint density at radius 2 is 2.33 bits per heavy atom. The number of rotatable bonds is 2. The fourth-order valence-electron chi connectivity index (χ4n) is 1.82. The van der Waals surface area contributed by atoms with Crippen LogP contribution in [0.5, 0.6) is 0 Å². The van der Waals surface area contributed by atoms with Crippen LogP contribution in [-0.4, -0.2) is 21.4 Å². The smallest absolute Gasteiger partial charge is 0.200 e. The van der Waals surface area contributed by atoms with Gasteiger partial charge in [0.2, 0.25) is 5.78 Å². The van der Waals surface area contributed by atoms with Gasteiger partial charge in [0.05, 0.1) is 6.04 Å². The first-order valence-corrected chi connectivity index (χ1v) is 5.53. The van der Waals surface area contributed by atoms with Gasteiger partial charge in [-0.3, -0.25) is 4.79 Å². The summed E-state index contributed by atoms with van der Waals surface area (Å²) in [6.45, 7) is 2.50. The first-order chi connectivity index (χ1) is 7.11. The summed E-state index contributed by atoms with van der Waals surface area (Å²) in [5.41, 5.74) is 5.87. The lowest BCUT2D eigenvalue weighted by molar-refractivity contribution is 0.0963. The minimum atomic E-state index is -0.542. The van der Waals surface area contributed by atoms with Gasteiger partial charge in [0.15, 0.2) is 0 Å². The van der Waals surface area contributed by atoms with Gasteiger partial charge in [0.1, 0.15) is 16.7 Å². The molecule has 0 spiro atoms. The predicted octanol–water partition coefficient (Wildman–Crippen LogP) is 1.40. The van der Waals surface area contributed by atoms with Crippen molar-refractivity contribution in [2.45, 2.75) is 38.8 Å². The van der Waals surface area contributed by atoms with Crippen LogP contribution in [0.15, 0.2) is 0 Å².